The molecule has 2 fully saturated rings. The number of morpholine rings is 1. The summed E-state index contributed by atoms with van der Waals surface area (Å²) >= 11 is 6.20. The number of aromatic nitrogens is 1. The zero-order chi connectivity index (χ0) is 21.0. The van der Waals surface area contributed by atoms with E-state index in [4.69, 9.17) is 21.1 Å². The van der Waals surface area contributed by atoms with Crippen LogP contribution < -0.4 is 0 Å². The minimum absolute atomic E-state index is 0.132. The zero-order valence-electron chi connectivity index (χ0n) is 17.5. The van der Waals surface area contributed by atoms with E-state index < -0.39 is 5.60 Å². The molecule has 1 aromatic rings. The predicted octanol–water partition coefficient (Wildman–Crippen LogP) is 3.90. The molecule has 1 atom stereocenters. The van der Waals surface area contributed by atoms with Gasteiger partial charge >= 0.3 is 6.09 Å². The van der Waals surface area contributed by atoms with Crippen LogP contribution in [0, 0.1) is 11.7 Å². The number of likely N-dealkylation sites (tertiary alicyclic amines) is 1. The molecule has 2 saturated heterocycles. The van der Waals surface area contributed by atoms with Gasteiger partial charge in [-0.1, -0.05) is 11.6 Å². The van der Waals surface area contributed by atoms with Crippen molar-refractivity contribution in [2.45, 2.75) is 52.2 Å². The lowest BCUT2D eigenvalue weighted by molar-refractivity contribution is 0.0165. The van der Waals surface area contributed by atoms with Crippen molar-refractivity contribution in [3.8, 4) is 0 Å². The monoisotopic (exact) mass is 427 g/mol. The summed E-state index contributed by atoms with van der Waals surface area (Å²) in [5.74, 6) is -0.150. The van der Waals surface area contributed by atoms with Gasteiger partial charge in [0.2, 0.25) is 0 Å². The topological polar surface area (TPSA) is 54.9 Å². The van der Waals surface area contributed by atoms with Crippen molar-refractivity contribution in [1.29, 1.82) is 0 Å². The molecule has 0 saturated carbocycles. The van der Waals surface area contributed by atoms with E-state index in [-0.39, 0.29) is 17.8 Å². The smallest absolute Gasteiger partial charge is 0.410 e. The SMILES string of the molecule is CC(C)(C)OC(=O)N1CCC[C@H](Cc2nc(Cl)cc(CN3CCOCC3)c2F)C1. The average Bonchev–Trinajstić information content (AvgIpc) is 2.65. The van der Waals surface area contributed by atoms with Crippen LogP contribution in [0.15, 0.2) is 6.07 Å². The molecule has 0 radical (unpaired) electrons. The molecule has 8 heteroatoms. The molecule has 1 amide bonds. The van der Waals surface area contributed by atoms with Crippen LogP contribution in [0.3, 0.4) is 0 Å². The summed E-state index contributed by atoms with van der Waals surface area (Å²) in [5, 5.41) is 0.310. The summed E-state index contributed by atoms with van der Waals surface area (Å²) in [7, 11) is 0. The molecule has 2 aliphatic heterocycles. The first-order chi connectivity index (χ1) is 13.7. The molecule has 0 N–H and O–H groups in total. The van der Waals surface area contributed by atoms with Gasteiger partial charge in [0.1, 0.15) is 16.6 Å². The highest BCUT2D eigenvalue weighted by molar-refractivity contribution is 6.29. The summed E-state index contributed by atoms with van der Waals surface area (Å²) in [6, 6.07) is 1.61. The maximum atomic E-state index is 15.2. The van der Waals surface area contributed by atoms with Crippen LogP contribution in [0.1, 0.15) is 44.9 Å². The third-order valence-electron chi connectivity index (χ3n) is 5.22. The fourth-order valence-corrected chi connectivity index (χ4v) is 4.08. The molecule has 29 heavy (non-hydrogen) atoms. The summed E-state index contributed by atoms with van der Waals surface area (Å²) in [6.45, 7) is 10.2. The summed E-state index contributed by atoms with van der Waals surface area (Å²) in [4.78, 5) is 20.5. The highest BCUT2D eigenvalue weighted by Gasteiger charge is 2.29. The number of piperidine rings is 1. The first-order valence-corrected chi connectivity index (χ1v) is 10.7. The maximum absolute atomic E-state index is 15.2. The Kier molecular flexibility index (Phi) is 7.35. The Hall–Kier alpha value is -1.44. The highest BCUT2D eigenvalue weighted by Crippen LogP contribution is 2.26. The van der Waals surface area contributed by atoms with Crippen LogP contribution in [0.4, 0.5) is 9.18 Å². The third-order valence-corrected chi connectivity index (χ3v) is 5.41. The van der Waals surface area contributed by atoms with Crippen LogP contribution in [0.25, 0.3) is 0 Å². The molecule has 0 aromatic carbocycles. The molecule has 3 rings (SSSR count). The van der Waals surface area contributed by atoms with Gasteiger partial charge in [0.25, 0.3) is 0 Å². The second-order valence-corrected chi connectivity index (χ2v) is 9.28. The van der Waals surface area contributed by atoms with E-state index in [2.05, 4.69) is 9.88 Å². The maximum Gasteiger partial charge on any atom is 0.410 e. The number of nitrogens with zero attached hydrogens (tertiary/aromatic N) is 3. The van der Waals surface area contributed by atoms with Crippen LogP contribution in [0.5, 0.6) is 0 Å². The van der Waals surface area contributed by atoms with Gasteiger partial charge in [0.15, 0.2) is 0 Å². The van der Waals surface area contributed by atoms with E-state index in [9.17, 15) is 4.79 Å². The van der Waals surface area contributed by atoms with Crippen molar-refractivity contribution in [3.63, 3.8) is 0 Å². The fraction of sp³-hybridized carbons (Fsp3) is 0.714. The molecule has 1 aromatic heterocycles. The van der Waals surface area contributed by atoms with Crippen molar-refractivity contribution in [3.05, 3.63) is 28.3 Å². The first kappa shape index (κ1) is 22.2. The van der Waals surface area contributed by atoms with Crippen LogP contribution in [-0.2, 0) is 22.4 Å². The second kappa shape index (κ2) is 9.58. The Morgan fingerprint density at radius 3 is 2.76 bits per heavy atom. The van der Waals surface area contributed by atoms with Gasteiger partial charge in [-0.05, 0) is 52.0 Å². The normalized spacial score (nSPS) is 21.3. The quantitative estimate of drug-likeness (QED) is 0.682. The lowest BCUT2D eigenvalue weighted by Gasteiger charge is -2.34. The van der Waals surface area contributed by atoms with Gasteiger partial charge in [0.05, 0.1) is 18.9 Å². The Balaban J connectivity index is 1.66. The standard InChI is InChI=1S/C21H31ClFN3O3/c1-21(2,3)29-20(27)26-6-4-5-15(13-26)11-17-19(23)16(12-18(22)24-17)14-25-7-9-28-10-8-25/h12,15H,4-11,13-14H2,1-3H3/t15-/m1/s1. The predicted molar refractivity (Wildman–Crippen MR) is 110 cm³/mol. The van der Waals surface area contributed by atoms with Crippen molar-refractivity contribution < 1.29 is 18.7 Å². The number of pyridine rings is 1. The number of carbonyl (C=O) groups is 1. The molecular formula is C21H31ClFN3O3. The minimum Gasteiger partial charge on any atom is -0.444 e. The third kappa shape index (κ3) is 6.52. The van der Waals surface area contributed by atoms with Gasteiger partial charge in [0, 0.05) is 38.3 Å². The van der Waals surface area contributed by atoms with Crippen molar-refractivity contribution >= 4 is 17.7 Å². The number of amides is 1. The molecular weight excluding hydrogens is 397 g/mol. The average molecular weight is 428 g/mol. The fourth-order valence-electron chi connectivity index (χ4n) is 3.85. The zero-order valence-corrected chi connectivity index (χ0v) is 18.3. The first-order valence-electron chi connectivity index (χ1n) is 10.3. The number of carbonyl (C=O) groups excluding carboxylic acids is 1. The molecule has 3 heterocycles. The molecule has 2 aliphatic rings. The summed E-state index contributed by atoms with van der Waals surface area (Å²) in [5.41, 5.74) is 0.428. The second-order valence-electron chi connectivity index (χ2n) is 8.89. The Bertz CT molecular complexity index is 720. The van der Waals surface area contributed by atoms with E-state index in [1.165, 1.54) is 0 Å². The van der Waals surface area contributed by atoms with Crippen LogP contribution in [0.2, 0.25) is 5.15 Å². The van der Waals surface area contributed by atoms with E-state index in [1.54, 1.807) is 11.0 Å². The van der Waals surface area contributed by atoms with Gasteiger partial charge in [-0.25, -0.2) is 14.2 Å². The molecule has 0 unspecified atom stereocenters. The largest absolute Gasteiger partial charge is 0.444 e. The van der Waals surface area contributed by atoms with Gasteiger partial charge in [-0.3, -0.25) is 4.90 Å². The number of ether oxygens (including phenoxy) is 2. The molecule has 0 aliphatic carbocycles. The molecule has 0 bridgehead atoms. The highest BCUT2D eigenvalue weighted by atomic mass is 35.5. The number of hydrogen-bond acceptors (Lipinski definition) is 5. The number of hydrogen-bond donors (Lipinski definition) is 0. The summed E-state index contributed by atoms with van der Waals surface area (Å²) in [6.07, 6.45) is 1.94. The lowest BCUT2D eigenvalue weighted by Crippen LogP contribution is -2.43. The Morgan fingerprint density at radius 1 is 1.34 bits per heavy atom. The van der Waals surface area contributed by atoms with Crippen LogP contribution >= 0.6 is 11.6 Å². The molecule has 162 valence electrons. The van der Waals surface area contributed by atoms with Crippen LogP contribution in [-0.4, -0.2) is 65.9 Å². The van der Waals surface area contributed by atoms with E-state index in [1.807, 2.05) is 20.8 Å². The minimum atomic E-state index is -0.529. The number of rotatable bonds is 4. The molecule has 0 spiro atoms. The van der Waals surface area contributed by atoms with E-state index in [0.29, 0.717) is 55.7 Å². The Labute approximate surface area is 177 Å². The van der Waals surface area contributed by atoms with Gasteiger partial charge in [-0.15, -0.1) is 0 Å². The lowest BCUT2D eigenvalue weighted by atomic mass is 9.92. The van der Waals surface area contributed by atoms with E-state index in [0.717, 1.165) is 25.9 Å². The van der Waals surface area contributed by atoms with Gasteiger partial charge < -0.3 is 14.4 Å². The van der Waals surface area contributed by atoms with Crippen molar-refractivity contribution in [1.82, 2.24) is 14.8 Å². The Morgan fingerprint density at radius 2 is 2.07 bits per heavy atom. The van der Waals surface area contributed by atoms with Crippen molar-refractivity contribution in [2.75, 3.05) is 39.4 Å². The van der Waals surface area contributed by atoms with E-state index >= 15 is 4.39 Å². The van der Waals surface area contributed by atoms with Crippen molar-refractivity contribution in [2.24, 2.45) is 5.92 Å². The van der Waals surface area contributed by atoms with Gasteiger partial charge in [-0.2, -0.15) is 0 Å². The number of halogens is 2. The summed E-state index contributed by atoms with van der Waals surface area (Å²) < 4.78 is 26.0. The molecule has 6 nitrogen and oxygen atoms in total.